The average molecular weight is 352 g/mol. The summed E-state index contributed by atoms with van der Waals surface area (Å²) in [4.78, 5) is 12.0. The minimum absolute atomic E-state index is 0.0509. The van der Waals surface area contributed by atoms with Gasteiger partial charge in [-0.3, -0.25) is 4.79 Å². The minimum atomic E-state index is -0.0509. The van der Waals surface area contributed by atoms with Crippen LogP contribution >= 0.6 is 11.8 Å². The number of amides is 1. The molecule has 0 aliphatic heterocycles. The maximum absolute atomic E-state index is 12.0. The molecule has 1 N–H and O–H groups in total. The summed E-state index contributed by atoms with van der Waals surface area (Å²) in [5, 5.41) is 12.1. The lowest BCUT2D eigenvalue weighted by Crippen LogP contribution is -2.14. The summed E-state index contributed by atoms with van der Waals surface area (Å²) in [7, 11) is 1.94. The molecule has 0 unspecified atom stereocenters. The number of hydrogen-bond donors (Lipinski definition) is 1. The van der Waals surface area contributed by atoms with Crippen LogP contribution < -0.4 is 5.32 Å². The number of aryl methyl sites for hydroxylation is 2. The van der Waals surface area contributed by atoms with Crippen LogP contribution in [0.3, 0.4) is 0 Å². The number of para-hydroxylation sites is 1. The molecule has 0 radical (unpaired) electrons. The van der Waals surface area contributed by atoms with Crippen molar-refractivity contribution in [2.75, 3.05) is 11.1 Å². The number of benzene rings is 2. The molecule has 5 nitrogen and oxygen atoms in total. The van der Waals surface area contributed by atoms with E-state index in [-0.39, 0.29) is 5.91 Å². The first-order valence-electron chi connectivity index (χ1n) is 8.12. The van der Waals surface area contributed by atoms with Gasteiger partial charge in [-0.05, 0) is 24.1 Å². The van der Waals surface area contributed by atoms with Crippen LogP contribution in [0.2, 0.25) is 0 Å². The summed E-state index contributed by atoms with van der Waals surface area (Å²) >= 11 is 1.39. The zero-order valence-corrected chi connectivity index (χ0v) is 14.9. The van der Waals surface area contributed by atoms with Crippen LogP contribution in [0.4, 0.5) is 5.69 Å². The number of hydrogen-bond acceptors (Lipinski definition) is 4. The van der Waals surface area contributed by atoms with Crippen molar-refractivity contribution in [2.24, 2.45) is 7.05 Å². The van der Waals surface area contributed by atoms with Gasteiger partial charge in [0.2, 0.25) is 5.91 Å². The number of carbonyl (C=O) groups excluding carboxylic acids is 1. The molecule has 0 atom stereocenters. The third kappa shape index (κ3) is 4.93. The van der Waals surface area contributed by atoms with Crippen molar-refractivity contribution >= 4 is 23.4 Å². The molecular formula is C19H20N4OS. The highest BCUT2D eigenvalue weighted by Crippen LogP contribution is 2.17. The lowest BCUT2D eigenvalue weighted by Gasteiger charge is -2.05. The zero-order chi connectivity index (χ0) is 17.5. The number of anilines is 1. The molecule has 3 aromatic rings. The molecule has 1 heterocycles. The first kappa shape index (κ1) is 17.2. The van der Waals surface area contributed by atoms with Gasteiger partial charge >= 0.3 is 0 Å². The highest BCUT2D eigenvalue weighted by Gasteiger charge is 2.11. The fourth-order valence-corrected chi connectivity index (χ4v) is 3.17. The van der Waals surface area contributed by atoms with E-state index in [0.29, 0.717) is 5.75 Å². The molecule has 0 saturated carbocycles. The molecule has 25 heavy (non-hydrogen) atoms. The van der Waals surface area contributed by atoms with E-state index in [1.165, 1.54) is 17.3 Å². The van der Waals surface area contributed by atoms with E-state index in [0.717, 1.165) is 29.5 Å². The normalized spacial score (nSPS) is 10.6. The Balaban J connectivity index is 1.51. The van der Waals surface area contributed by atoms with Crippen LogP contribution in [0.25, 0.3) is 0 Å². The van der Waals surface area contributed by atoms with E-state index in [4.69, 9.17) is 0 Å². The molecule has 0 aliphatic rings. The van der Waals surface area contributed by atoms with Crippen LogP contribution in [-0.4, -0.2) is 26.4 Å². The van der Waals surface area contributed by atoms with Crippen molar-refractivity contribution < 1.29 is 4.79 Å². The quantitative estimate of drug-likeness (QED) is 0.663. The average Bonchev–Trinajstić information content (AvgIpc) is 3.00. The molecule has 0 fully saturated rings. The molecular weight excluding hydrogens is 332 g/mol. The van der Waals surface area contributed by atoms with Gasteiger partial charge in [0, 0.05) is 19.2 Å². The lowest BCUT2D eigenvalue weighted by atomic mass is 10.1. The Morgan fingerprint density at radius 1 is 1.00 bits per heavy atom. The second-order valence-electron chi connectivity index (χ2n) is 5.65. The van der Waals surface area contributed by atoms with Gasteiger partial charge in [0.15, 0.2) is 5.16 Å². The summed E-state index contributed by atoms with van der Waals surface area (Å²) in [6.45, 7) is 0. The van der Waals surface area contributed by atoms with E-state index in [9.17, 15) is 4.79 Å². The SMILES string of the molecule is Cn1c(CCc2ccccc2)nnc1SCC(=O)Nc1ccccc1. The van der Waals surface area contributed by atoms with Crippen molar-refractivity contribution in [3.63, 3.8) is 0 Å². The number of carbonyl (C=O) groups is 1. The van der Waals surface area contributed by atoms with Crippen LogP contribution in [0.15, 0.2) is 65.8 Å². The fraction of sp³-hybridized carbons (Fsp3) is 0.211. The van der Waals surface area contributed by atoms with Crippen LogP contribution in [0.1, 0.15) is 11.4 Å². The predicted molar refractivity (Wildman–Crippen MR) is 101 cm³/mol. The largest absolute Gasteiger partial charge is 0.325 e. The monoisotopic (exact) mass is 352 g/mol. The third-order valence-electron chi connectivity index (χ3n) is 3.80. The number of nitrogens with one attached hydrogen (secondary N) is 1. The first-order valence-corrected chi connectivity index (χ1v) is 9.11. The summed E-state index contributed by atoms with van der Waals surface area (Å²) in [5.74, 6) is 1.18. The molecule has 1 amide bonds. The van der Waals surface area contributed by atoms with E-state index in [1.54, 1.807) is 0 Å². The number of rotatable bonds is 7. The van der Waals surface area contributed by atoms with Crippen LogP contribution in [0.5, 0.6) is 0 Å². The number of nitrogens with zero attached hydrogens (tertiary/aromatic N) is 3. The van der Waals surface area contributed by atoms with Gasteiger partial charge in [-0.2, -0.15) is 0 Å². The molecule has 6 heteroatoms. The van der Waals surface area contributed by atoms with Gasteiger partial charge in [-0.25, -0.2) is 0 Å². The second kappa shape index (κ2) is 8.48. The maximum Gasteiger partial charge on any atom is 0.234 e. The Labute approximate surface area is 151 Å². The van der Waals surface area contributed by atoms with Crippen molar-refractivity contribution in [3.05, 3.63) is 72.1 Å². The Hall–Kier alpha value is -2.60. The van der Waals surface area contributed by atoms with Gasteiger partial charge < -0.3 is 9.88 Å². The number of aromatic nitrogens is 3. The maximum atomic E-state index is 12.0. The van der Waals surface area contributed by atoms with E-state index in [1.807, 2.05) is 60.1 Å². The predicted octanol–water partition coefficient (Wildman–Crippen LogP) is 3.33. The zero-order valence-electron chi connectivity index (χ0n) is 14.1. The van der Waals surface area contributed by atoms with Gasteiger partial charge in [-0.1, -0.05) is 60.3 Å². The van der Waals surface area contributed by atoms with Gasteiger partial charge in [-0.15, -0.1) is 10.2 Å². The van der Waals surface area contributed by atoms with Crippen LogP contribution in [-0.2, 0) is 24.7 Å². The van der Waals surface area contributed by atoms with Crippen molar-refractivity contribution in [1.82, 2.24) is 14.8 Å². The second-order valence-corrected chi connectivity index (χ2v) is 6.59. The minimum Gasteiger partial charge on any atom is -0.325 e. The Bertz CT molecular complexity index is 818. The smallest absolute Gasteiger partial charge is 0.234 e. The summed E-state index contributed by atoms with van der Waals surface area (Å²) in [5.41, 5.74) is 2.08. The van der Waals surface area contributed by atoms with E-state index >= 15 is 0 Å². The lowest BCUT2D eigenvalue weighted by molar-refractivity contribution is -0.113. The summed E-state index contributed by atoms with van der Waals surface area (Å²) in [6.07, 6.45) is 1.75. The molecule has 2 aromatic carbocycles. The molecule has 0 saturated heterocycles. The molecule has 0 aliphatic carbocycles. The van der Waals surface area contributed by atoms with E-state index < -0.39 is 0 Å². The van der Waals surface area contributed by atoms with Crippen molar-refractivity contribution in [3.8, 4) is 0 Å². The number of thioether (sulfide) groups is 1. The third-order valence-corrected chi connectivity index (χ3v) is 4.82. The van der Waals surface area contributed by atoms with Gasteiger partial charge in [0.25, 0.3) is 0 Å². The summed E-state index contributed by atoms with van der Waals surface area (Å²) in [6, 6.07) is 19.8. The van der Waals surface area contributed by atoms with Crippen LogP contribution in [0, 0.1) is 0 Å². The Morgan fingerprint density at radius 2 is 1.68 bits per heavy atom. The molecule has 3 rings (SSSR count). The molecule has 128 valence electrons. The topological polar surface area (TPSA) is 59.8 Å². The standard InChI is InChI=1S/C19H20N4OS/c1-23-17(13-12-15-8-4-2-5-9-15)21-22-19(23)25-14-18(24)20-16-10-6-3-7-11-16/h2-11H,12-14H2,1H3,(H,20,24). The summed E-state index contributed by atoms with van der Waals surface area (Å²) < 4.78 is 1.96. The van der Waals surface area contributed by atoms with Gasteiger partial charge in [0.05, 0.1) is 5.75 Å². The first-order chi connectivity index (χ1) is 12.2. The van der Waals surface area contributed by atoms with Crippen molar-refractivity contribution in [2.45, 2.75) is 18.0 Å². The highest BCUT2D eigenvalue weighted by molar-refractivity contribution is 7.99. The van der Waals surface area contributed by atoms with Gasteiger partial charge in [0.1, 0.15) is 5.82 Å². The Morgan fingerprint density at radius 3 is 2.40 bits per heavy atom. The molecule has 0 bridgehead atoms. The molecule has 1 aromatic heterocycles. The van der Waals surface area contributed by atoms with Crippen molar-refractivity contribution in [1.29, 1.82) is 0 Å². The molecule has 0 spiro atoms. The Kier molecular flexibility index (Phi) is 5.85. The fourth-order valence-electron chi connectivity index (χ4n) is 2.44. The van der Waals surface area contributed by atoms with E-state index in [2.05, 4.69) is 27.6 Å². The highest BCUT2D eigenvalue weighted by atomic mass is 32.2.